The maximum Gasteiger partial charge on any atom is 0.151 e. The SMILES string of the molecule is CC(=O)Cn1cc(C2CCCCC2)nn1. The van der Waals surface area contributed by atoms with Crippen LogP contribution >= 0.6 is 0 Å². The van der Waals surface area contributed by atoms with Crippen LogP contribution in [0.1, 0.15) is 50.6 Å². The van der Waals surface area contributed by atoms with E-state index >= 15 is 0 Å². The van der Waals surface area contributed by atoms with Crippen molar-refractivity contribution in [1.29, 1.82) is 0 Å². The van der Waals surface area contributed by atoms with Gasteiger partial charge in [-0.25, -0.2) is 4.68 Å². The lowest BCUT2D eigenvalue weighted by atomic mass is 9.87. The molecule has 4 heteroatoms. The van der Waals surface area contributed by atoms with E-state index in [1.54, 1.807) is 11.6 Å². The summed E-state index contributed by atoms with van der Waals surface area (Å²) in [7, 11) is 0. The second-order valence-corrected chi connectivity index (χ2v) is 4.38. The van der Waals surface area contributed by atoms with Crippen LogP contribution in [0.5, 0.6) is 0 Å². The zero-order chi connectivity index (χ0) is 10.7. The maximum absolute atomic E-state index is 10.9. The molecule has 1 aliphatic carbocycles. The molecule has 2 rings (SSSR count). The number of ketones is 1. The van der Waals surface area contributed by atoms with E-state index in [1.807, 2.05) is 6.20 Å². The van der Waals surface area contributed by atoms with Crippen LogP contribution in [-0.4, -0.2) is 20.8 Å². The molecule has 0 saturated heterocycles. The van der Waals surface area contributed by atoms with E-state index in [9.17, 15) is 4.79 Å². The van der Waals surface area contributed by atoms with Gasteiger partial charge in [-0.1, -0.05) is 24.5 Å². The third-order valence-corrected chi connectivity index (χ3v) is 2.96. The molecule has 0 radical (unpaired) electrons. The normalized spacial score (nSPS) is 17.9. The predicted molar refractivity (Wildman–Crippen MR) is 56.5 cm³/mol. The lowest BCUT2D eigenvalue weighted by Crippen LogP contribution is -2.07. The summed E-state index contributed by atoms with van der Waals surface area (Å²) in [5.41, 5.74) is 1.07. The summed E-state index contributed by atoms with van der Waals surface area (Å²) in [6.07, 6.45) is 8.31. The zero-order valence-electron chi connectivity index (χ0n) is 9.15. The molecule has 15 heavy (non-hydrogen) atoms. The van der Waals surface area contributed by atoms with Crippen molar-refractivity contribution in [2.45, 2.75) is 51.5 Å². The van der Waals surface area contributed by atoms with Crippen LogP contribution in [0.2, 0.25) is 0 Å². The molecule has 0 amide bonds. The van der Waals surface area contributed by atoms with E-state index in [4.69, 9.17) is 0 Å². The monoisotopic (exact) mass is 207 g/mol. The van der Waals surface area contributed by atoms with Gasteiger partial charge in [0.15, 0.2) is 5.78 Å². The quantitative estimate of drug-likeness (QED) is 0.760. The Bertz CT molecular complexity index is 339. The fourth-order valence-electron chi connectivity index (χ4n) is 2.20. The van der Waals surface area contributed by atoms with Gasteiger partial charge >= 0.3 is 0 Å². The molecule has 0 spiro atoms. The number of hydrogen-bond donors (Lipinski definition) is 0. The standard InChI is InChI=1S/C11H17N3O/c1-9(15)7-14-8-11(12-13-14)10-5-3-2-4-6-10/h8,10H,2-7H2,1H3. The first-order valence-electron chi connectivity index (χ1n) is 5.65. The molecule has 0 atom stereocenters. The number of hydrogen-bond acceptors (Lipinski definition) is 3. The highest BCUT2D eigenvalue weighted by Crippen LogP contribution is 2.30. The first kappa shape index (κ1) is 10.3. The molecule has 0 unspecified atom stereocenters. The summed E-state index contributed by atoms with van der Waals surface area (Å²) in [6, 6.07) is 0. The molecular weight excluding hydrogens is 190 g/mol. The molecule has 1 fully saturated rings. The molecular formula is C11H17N3O. The molecule has 1 heterocycles. The minimum atomic E-state index is 0.120. The molecule has 1 aromatic heterocycles. The second kappa shape index (κ2) is 4.55. The Hall–Kier alpha value is -1.19. The van der Waals surface area contributed by atoms with Crippen LogP contribution < -0.4 is 0 Å². The molecule has 0 aromatic carbocycles. The van der Waals surface area contributed by atoms with Gasteiger partial charge < -0.3 is 0 Å². The van der Waals surface area contributed by atoms with Gasteiger partial charge in [0.2, 0.25) is 0 Å². The lowest BCUT2D eigenvalue weighted by molar-refractivity contribution is -0.117. The Morgan fingerprint density at radius 2 is 2.20 bits per heavy atom. The van der Waals surface area contributed by atoms with Gasteiger partial charge in [0.05, 0.1) is 5.69 Å². The van der Waals surface area contributed by atoms with E-state index < -0.39 is 0 Å². The summed E-state index contributed by atoms with van der Waals surface area (Å²) < 4.78 is 1.65. The van der Waals surface area contributed by atoms with E-state index in [0.717, 1.165) is 5.69 Å². The number of rotatable bonds is 3. The number of carbonyl (C=O) groups is 1. The number of nitrogens with zero attached hydrogens (tertiary/aromatic N) is 3. The number of aromatic nitrogens is 3. The minimum absolute atomic E-state index is 0.120. The highest BCUT2D eigenvalue weighted by atomic mass is 16.1. The number of Topliss-reactive ketones (excluding diaryl/α,β-unsaturated/α-hetero) is 1. The number of carbonyl (C=O) groups excluding carboxylic acids is 1. The van der Waals surface area contributed by atoms with Crippen molar-refractivity contribution in [3.63, 3.8) is 0 Å². The van der Waals surface area contributed by atoms with Crippen LogP contribution in [-0.2, 0) is 11.3 Å². The van der Waals surface area contributed by atoms with Gasteiger partial charge in [-0.2, -0.15) is 0 Å². The van der Waals surface area contributed by atoms with Crippen molar-refractivity contribution in [2.24, 2.45) is 0 Å². The van der Waals surface area contributed by atoms with E-state index in [0.29, 0.717) is 12.5 Å². The molecule has 0 aliphatic heterocycles. The first-order chi connectivity index (χ1) is 7.25. The zero-order valence-corrected chi connectivity index (χ0v) is 9.15. The van der Waals surface area contributed by atoms with Gasteiger partial charge in [-0.05, 0) is 19.8 Å². The summed E-state index contributed by atoms with van der Waals surface area (Å²) in [5, 5.41) is 8.13. The third-order valence-electron chi connectivity index (χ3n) is 2.96. The van der Waals surface area contributed by atoms with Crippen molar-refractivity contribution in [3.05, 3.63) is 11.9 Å². The van der Waals surface area contributed by atoms with Gasteiger partial charge in [-0.15, -0.1) is 5.10 Å². The lowest BCUT2D eigenvalue weighted by Gasteiger charge is -2.18. The maximum atomic E-state index is 10.9. The Labute approximate surface area is 89.7 Å². The molecule has 1 aliphatic rings. The van der Waals surface area contributed by atoms with Crippen molar-refractivity contribution in [3.8, 4) is 0 Å². The average Bonchev–Trinajstić information content (AvgIpc) is 2.67. The summed E-state index contributed by atoms with van der Waals surface area (Å²) in [6.45, 7) is 1.92. The Morgan fingerprint density at radius 1 is 1.47 bits per heavy atom. The molecule has 0 N–H and O–H groups in total. The fourth-order valence-corrected chi connectivity index (χ4v) is 2.20. The van der Waals surface area contributed by atoms with Crippen LogP contribution in [0, 0.1) is 0 Å². The van der Waals surface area contributed by atoms with Gasteiger partial charge in [-0.3, -0.25) is 4.79 Å². The van der Waals surface area contributed by atoms with Crippen molar-refractivity contribution in [2.75, 3.05) is 0 Å². The Balaban J connectivity index is 2.02. The predicted octanol–water partition coefficient (Wildman–Crippen LogP) is 1.91. The Morgan fingerprint density at radius 3 is 2.87 bits per heavy atom. The topological polar surface area (TPSA) is 47.8 Å². The highest BCUT2D eigenvalue weighted by Gasteiger charge is 2.18. The van der Waals surface area contributed by atoms with Crippen LogP contribution in [0.15, 0.2) is 6.20 Å². The third kappa shape index (κ3) is 2.64. The largest absolute Gasteiger partial charge is 0.298 e. The highest BCUT2D eigenvalue weighted by molar-refractivity contribution is 5.75. The van der Waals surface area contributed by atoms with E-state index in [1.165, 1.54) is 32.1 Å². The minimum Gasteiger partial charge on any atom is -0.298 e. The molecule has 4 nitrogen and oxygen atoms in total. The molecule has 0 bridgehead atoms. The fraction of sp³-hybridized carbons (Fsp3) is 0.727. The van der Waals surface area contributed by atoms with Gasteiger partial charge in [0.25, 0.3) is 0 Å². The molecule has 1 saturated carbocycles. The van der Waals surface area contributed by atoms with Gasteiger partial charge in [0, 0.05) is 12.1 Å². The smallest absolute Gasteiger partial charge is 0.151 e. The average molecular weight is 207 g/mol. The van der Waals surface area contributed by atoms with E-state index in [-0.39, 0.29) is 5.78 Å². The van der Waals surface area contributed by atoms with Crippen LogP contribution in [0.3, 0.4) is 0 Å². The second-order valence-electron chi connectivity index (χ2n) is 4.38. The summed E-state index contributed by atoms with van der Waals surface area (Å²) in [4.78, 5) is 10.9. The van der Waals surface area contributed by atoms with E-state index in [2.05, 4.69) is 10.3 Å². The van der Waals surface area contributed by atoms with Crippen molar-refractivity contribution >= 4 is 5.78 Å². The molecule has 1 aromatic rings. The molecule has 82 valence electrons. The summed E-state index contributed by atoms with van der Waals surface area (Å²) in [5.74, 6) is 0.689. The van der Waals surface area contributed by atoms with Crippen molar-refractivity contribution in [1.82, 2.24) is 15.0 Å². The van der Waals surface area contributed by atoms with Gasteiger partial charge in [0.1, 0.15) is 6.54 Å². The van der Waals surface area contributed by atoms with Crippen molar-refractivity contribution < 1.29 is 4.79 Å². The van der Waals surface area contributed by atoms with Crippen LogP contribution in [0.25, 0.3) is 0 Å². The van der Waals surface area contributed by atoms with Crippen LogP contribution in [0.4, 0.5) is 0 Å². The summed E-state index contributed by atoms with van der Waals surface area (Å²) >= 11 is 0. The first-order valence-corrected chi connectivity index (χ1v) is 5.65. The Kier molecular flexibility index (Phi) is 3.14.